The van der Waals surface area contributed by atoms with Crippen LogP contribution in [0.1, 0.15) is 43.7 Å². The molecule has 2 aromatic heterocycles. The van der Waals surface area contributed by atoms with E-state index < -0.39 is 0 Å². The first-order chi connectivity index (χ1) is 15.2. The second kappa shape index (κ2) is 10.3. The Morgan fingerprint density at radius 2 is 1.97 bits per heavy atom. The van der Waals surface area contributed by atoms with Gasteiger partial charge < -0.3 is 15.0 Å². The van der Waals surface area contributed by atoms with E-state index in [0.29, 0.717) is 18.0 Å². The predicted octanol–water partition coefficient (Wildman–Crippen LogP) is 2.91. The predicted molar refractivity (Wildman–Crippen MR) is 117 cm³/mol. The monoisotopic (exact) mass is 423 g/mol. The molecule has 0 radical (unpaired) electrons. The molecule has 0 unspecified atom stereocenters. The minimum Gasteiger partial charge on any atom is -0.381 e. The molecule has 2 aliphatic heterocycles. The number of carbonyl (C=O) groups is 2. The molecule has 2 fully saturated rings. The van der Waals surface area contributed by atoms with E-state index in [1.165, 1.54) is 6.08 Å². The Kier molecular flexibility index (Phi) is 7.09. The van der Waals surface area contributed by atoms with Gasteiger partial charge in [0, 0.05) is 57.4 Å². The van der Waals surface area contributed by atoms with Gasteiger partial charge >= 0.3 is 0 Å². The fraction of sp³-hybridized carbons (Fsp3) is 0.478. The highest BCUT2D eigenvalue weighted by Gasteiger charge is 2.26. The average Bonchev–Trinajstić information content (AvgIpc) is 3.27. The van der Waals surface area contributed by atoms with Crippen molar-refractivity contribution in [1.29, 1.82) is 0 Å². The van der Waals surface area contributed by atoms with Gasteiger partial charge in [0.05, 0.1) is 17.9 Å². The van der Waals surface area contributed by atoms with Crippen LogP contribution >= 0.6 is 0 Å². The van der Waals surface area contributed by atoms with Gasteiger partial charge in [-0.2, -0.15) is 5.10 Å². The maximum atomic E-state index is 12.6. The topological polar surface area (TPSA) is 89.4 Å². The van der Waals surface area contributed by atoms with Crippen molar-refractivity contribution in [3.8, 4) is 0 Å². The van der Waals surface area contributed by atoms with Gasteiger partial charge in [-0.15, -0.1) is 0 Å². The third-order valence-electron chi connectivity index (χ3n) is 5.98. The normalized spacial score (nSPS) is 18.4. The summed E-state index contributed by atoms with van der Waals surface area (Å²) in [6.45, 7) is 3.05. The summed E-state index contributed by atoms with van der Waals surface area (Å²) in [5.74, 6) is 0.513. The van der Waals surface area contributed by atoms with Gasteiger partial charge in [0.1, 0.15) is 0 Å². The summed E-state index contributed by atoms with van der Waals surface area (Å²) >= 11 is 0. The SMILES string of the molecule is O=C(/C=C/c1cccnc1)Nc1cnn(C2CCN(C(=O)CC3CCOCC3)CC2)c1. The number of pyridine rings is 1. The number of rotatable bonds is 6. The molecule has 4 rings (SSSR count). The van der Waals surface area contributed by atoms with E-state index in [4.69, 9.17) is 4.74 Å². The molecule has 0 atom stereocenters. The van der Waals surface area contributed by atoms with Crippen molar-refractivity contribution >= 4 is 23.6 Å². The van der Waals surface area contributed by atoms with Crippen molar-refractivity contribution in [2.45, 2.75) is 38.1 Å². The first-order valence-electron chi connectivity index (χ1n) is 11.0. The number of hydrogen-bond acceptors (Lipinski definition) is 5. The van der Waals surface area contributed by atoms with Crippen LogP contribution in [0.15, 0.2) is 43.0 Å². The summed E-state index contributed by atoms with van der Waals surface area (Å²) in [6.07, 6.45) is 14.5. The highest BCUT2D eigenvalue weighted by atomic mass is 16.5. The van der Waals surface area contributed by atoms with Crippen LogP contribution in [-0.2, 0) is 14.3 Å². The van der Waals surface area contributed by atoms with E-state index in [2.05, 4.69) is 15.4 Å². The van der Waals surface area contributed by atoms with E-state index in [0.717, 1.165) is 57.6 Å². The Morgan fingerprint density at radius 3 is 2.71 bits per heavy atom. The van der Waals surface area contributed by atoms with E-state index in [1.807, 2.05) is 27.9 Å². The summed E-state index contributed by atoms with van der Waals surface area (Å²) in [6, 6.07) is 3.95. The molecule has 2 saturated heterocycles. The number of piperidine rings is 1. The first kappa shape index (κ1) is 21.2. The molecule has 2 amide bonds. The van der Waals surface area contributed by atoms with E-state index in [1.54, 1.807) is 24.7 Å². The number of nitrogens with one attached hydrogen (secondary N) is 1. The highest BCUT2D eigenvalue weighted by molar-refractivity contribution is 6.01. The van der Waals surface area contributed by atoms with Gasteiger partial charge in [-0.3, -0.25) is 19.3 Å². The summed E-state index contributed by atoms with van der Waals surface area (Å²) < 4.78 is 7.29. The molecule has 8 nitrogen and oxygen atoms in total. The largest absolute Gasteiger partial charge is 0.381 e. The third-order valence-corrected chi connectivity index (χ3v) is 5.98. The number of amides is 2. The van der Waals surface area contributed by atoms with Gasteiger partial charge in [-0.1, -0.05) is 6.07 Å². The standard InChI is InChI=1S/C23H29N5O3/c29-22(4-3-19-2-1-9-24-15-19)26-20-16-25-28(17-20)21-5-10-27(11-6-21)23(30)14-18-7-12-31-13-8-18/h1-4,9,15-18,21H,5-8,10-14H2,(H,26,29)/b4-3+. The third kappa shape index (κ3) is 6.01. The van der Waals surface area contributed by atoms with Gasteiger partial charge in [0.2, 0.25) is 11.8 Å². The maximum Gasteiger partial charge on any atom is 0.248 e. The number of hydrogen-bond donors (Lipinski definition) is 1. The van der Waals surface area contributed by atoms with Gasteiger partial charge in [-0.25, -0.2) is 0 Å². The van der Waals surface area contributed by atoms with Crippen LogP contribution in [0, 0.1) is 5.92 Å². The summed E-state index contributed by atoms with van der Waals surface area (Å²) in [7, 11) is 0. The molecule has 164 valence electrons. The molecular weight excluding hydrogens is 394 g/mol. The first-order valence-corrected chi connectivity index (χ1v) is 11.0. The van der Waals surface area contributed by atoms with Crippen molar-refractivity contribution in [2.24, 2.45) is 5.92 Å². The Hall–Kier alpha value is -3.00. The lowest BCUT2D eigenvalue weighted by molar-refractivity contribution is -0.134. The molecule has 0 aliphatic carbocycles. The number of ether oxygens (including phenoxy) is 1. The fourth-order valence-corrected chi connectivity index (χ4v) is 4.14. The maximum absolute atomic E-state index is 12.6. The zero-order valence-electron chi connectivity index (χ0n) is 17.7. The minimum atomic E-state index is -0.211. The quantitative estimate of drug-likeness (QED) is 0.722. The van der Waals surface area contributed by atoms with E-state index >= 15 is 0 Å². The Labute approximate surface area is 182 Å². The molecule has 0 aromatic carbocycles. The van der Waals surface area contributed by atoms with Gasteiger partial charge in [0.15, 0.2) is 0 Å². The van der Waals surface area contributed by atoms with E-state index in [9.17, 15) is 9.59 Å². The lowest BCUT2D eigenvalue weighted by atomic mass is 9.95. The molecule has 1 N–H and O–H groups in total. The van der Waals surface area contributed by atoms with Gasteiger partial charge in [-0.05, 0) is 49.3 Å². The summed E-state index contributed by atoms with van der Waals surface area (Å²) in [5, 5.41) is 7.27. The van der Waals surface area contributed by atoms with Crippen molar-refractivity contribution in [3.05, 3.63) is 48.6 Å². The van der Waals surface area contributed by atoms with Crippen LogP contribution in [0.2, 0.25) is 0 Å². The smallest absolute Gasteiger partial charge is 0.248 e. The van der Waals surface area contributed by atoms with Crippen molar-refractivity contribution in [3.63, 3.8) is 0 Å². The molecule has 2 aliphatic rings. The molecule has 8 heteroatoms. The molecule has 31 heavy (non-hydrogen) atoms. The van der Waals surface area contributed by atoms with Crippen LogP contribution in [0.5, 0.6) is 0 Å². The number of anilines is 1. The van der Waals surface area contributed by atoms with Crippen LogP contribution in [0.4, 0.5) is 5.69 Å². The number of aromatic nitrogens is 3. The van der Waals surface area contributed by atoms with Crippen LogP contribution in [0.25, 0.3) is 6.08 Å². The van der Waals surface area contributed by atoms with Gasteiger partial charge in [0.25, 0.3) is 0 Å². The zero-order chi connectivity index (χ0) is 21.5. The fourth-order valence-electron chi connectivity index (χ4n) is 4.14. The number of carbonyl (C=O) groups excluding carboxylic acids is 2. The molecule has 0 saturated carbocycles. The molecule has 4 heterocycles. The Balaban J connectivity index is 1.24. The Morgan fingerprint density at radius 1 is 1.16 bits per heavy atom. The Bertz CT molecular complexity index is 897. The highest BCUT2D eigenvalue weighted by Crippen LogP contribution is 2.25. The van der Waals surface area contributed by atoms with Crippen LogP contribution in [-0.4, -0.2) is 57.8 Å². The molecule has 2 aromatic rings. The zero-order valence-corrected chi connectivity index (χ0v) is 17.7. The van der Waals surface area contributed by atoms with Crippen molar-refractivity contribution in [1.82, 2.24) is 19.7 Å². The van der Waals surface area contributed by atoms with E-state index in [-0.39, 0.29) is 17.9 Å². The lowest BCUT2D eigenvalue weighted by Gasteiger charge is -2.33. The van der Waals surface area contributed by atoms with Crippen molar-refractivity contribution in [2.75, 3.05) is 31.6 Å². The molecule has 0 spiro atoms. The lowest BCUT2D eigenvalue weighted by Crippen LogP contribution is -2.40. The summed E-state index contributed by atoms with van der Waals surface area (Å²) in [5.41, 5.74) is 1.53. The second-order valence-electron chi connectivity index (χ2n) is 8.19. The number of likely N-dealkylation sites (tertiary alicyclic amines) is 1. The van der Waals surface area contributed by atoms with Crippen LogP contribution in [0.3, 0.4) is 0 Å². The van der Waals surface area contributed by atoms with Crippen molar-refractivity contribution < 1.29 is 14.3 Å². The number of nitrogens with zero attached hydrogens (tertiary/aromatic N) is 4. The minimum absolute atomic E-state index is 0.211. The average molecular weight is 424 g/mol. The molecule has 0 bridgehead atoms. The summed E-state index contributed by atoms with van der Waals surface area (Å²) in [4.78, 5) is 30.8. The van der Waals surface area contributed by atoms with Crippen LogP contribution < -0.4 is 5.32 Å². The second-order valence-corrected chi connectivity index (χ2v) is 8.19. The molecular formula is C23H29N5O3.